The minimum atomic E-state index is -0.529. The molecule has 0 unspecified atom stereocenters. The van der Waals surface area contributed by atoms with Crippen molar-refractivity contribution < 1.29 is 14.6 Å². The summed E-state index contributed by atoms with van der Waals surface area (Å²) in [4.78, 5) is 26.9. The third-order valence-corrected chi connectivity index (χ3v) is 7.81. The number of aromatic nitrogens is 2. The minimum absolute atomic E-state index is 0.0227. The number of anilines is 3. The third-order valence-electron chi connectivity index (χ3n) is 7.81. The molecule has 0 aliphatic carbocycles. The molecule has 3 aromatic rings. The van der Waals surface area contributed by atoms with Crippen LogP contribution in [0.5, 0.6) is 0 Å². The molecule has 6 bridgehead atoms. The van der Waals surface area contributed by atoms with E-state index in [1.54, 1.807) is 6.20 Å². The number of aliphatic hydroxyl groups excluding tert-OH is 1. The maximum absolute atomic E-state index is 13.2. The predicted molar refractivity (Wildman–Crippen MR) is 154 cm³/mol. The third kappa shape index (κ3) is 6.26. The number of benzene rings is 2. The molecule has 1 amide bonds. The van der Waals surface area contributed by atoms with Crippen LogP contribution >= 0.6 is 0 Å². The van der Waals surface area contributed by atoms with Crippen molar-refractivity contribution in [3.05, 3.63) is 65.9 Å². The summed E-state index contributed by atoms with van der Waals surface area (Å²) in [5.41, 5.74) is 6.15. The van der Waals surface area contributed by atoms with Crippen LogP contribution in [0.2, 0.25) is 0 Å². The first-order valence-electron chi connectivity index (χ1n) is 14.2. The van der Waals surface area contributed by atoms with Gasteiger partial charge in [0, 0.05) is 62.4 Å². The van der Waals surface area contributed by atoms with Crippen molar-refractivity contribution in [1.29, 1.82) is 0 Å². The second-order valence-corrected chi connectivity index (χ2v) is 10.7. The average Bonchev–Trinajstić information content (AvgIpc) is 3.35. The van der Waals surface area contributed by atoms with Gasteiger partial charge in [-0.2, -0.15) is 0 Å². The Morgan fingerprint density at radius 2 is 1.88 bits per heavy atom. The summed E-state index contributed by atoms with van der Waals surface area (Å²) in [6.07, 6.45) is 2.51. The number of rotatable bonds is 1. The van der Waals surface area contributed by atoms with Crippen molar-refractivity contribution in [3.63, 3.8) is 0 Å². The lowest BCUT2D eigenvalue weighted by Crippen LogP contribution is -2.44. The molecule has 10 heteroatoms. The summed E-state index contributed by atoms with van der Waals surface area (Å²) >= 11 is 0. The first-order chi connectivity index (χ1) is 19.6. The average molecular weight is 544 g/mol. The van der Waals surface area contributed by atoms with Crippen LogP contribution in [0.1, 0.15) is 24.0 Å². The zero-order valence-electron chi connectivity index (χ0n) is 22.7. The number of nitrogens with zero attached hydrogens (tertiary/aromatic N) is 4. The number of hydrogen-bond donors (Lipinski definition) is 4. The summed E-state index contributed by atoms with van der Waals surface area (Å²) in [5, 5.41) is 20.5. The molecule has 2 aromatic carbocycles. The lowest BCUT2D eigenvalue weighted by molar-refractivity contribution is -0.125. The molecule has 2 atom stereocenters. The topological polar surface area (TPSA) is 115 Å². The van der Waals surface area contributed by atoms with E-state index < -0.39 is 6.10 Å². The molecule has 2 saturated heterocycles. The molecule has 4 aliphatic rings. The number of morpholine rings is 1. The van der Waals surface area contributed by atoms with Gasteiger partial charge in [0.15, 0.2) is 0 Å². The van der Waals surface area contributed by atoms with Crippen molar-refractivity contribution in [3.8, 4) is 11.3 Å². The van der Waals surface area contributed by atoms with E-state index in [1.165, 1.54) is 5.56 Å². The number of aliphatic hydroxyl groups is 1. The van der Waals surface area contributed by atoms with Gasteiger partial charge in [-0.05, 0) is 54.8 Å². The molecule has 210 valence electrons. The van der Waals surface area contributed by atoms with Gasteiger partial charge in [0.05, 0.1) is 31.1 Å². The highest BCUT2D eigenvalue weighted by molar-refractivity contribution is 5.82. The van der Waals surface area contributed by atoms with Crippen molar-refractivity contribution in [2.24, 2.45) is 0 Å². The Labute approximate surface area is 234 Å². The lowest BCUT2D eigenvalue weighted by atomic mass is 10.1. The van der Waals surface area contributed by atoms with Gasteiger partial charge in [-0.3, -0.25) is 9.69 Å². The van der Waals surface area contributed by atoms with Crippen molar-refractivity contribution in [2.75, 3.05) is 56.2 Å². The van der Waals surface area contributed by atoms with Gasteiger partial charge in [-0.25, -0.2) is 9.97 Å². The zero-order valence-corrected chi connectivity index (χ0v) is 22.7. The summed E-state index contributed by atoms with van der Waals surface area (Å²) in [6, 6.07) is 16.2. The van der Waals surface area contributed by atoms with E-state index in [2.05, 4.69) is 67.1 Å². The molecular formula is C30H37N7O3. The quantitative estimate of drug-likeness (QED) is 0.367. The molecule has 0 saturated carbocycles. The van der Waals surface area contributed by atoms with E-state index >= 15 is 0 Å². The Hall–Kier alpha value is -3.57. The largest absolute Gasteiger partial charge is 0.392 e. The van der Waals surface area contributed by atoms with Crippen LogP contribution in [0.25, 0.3) is 11.3 Å². The van der Waals surface area contributed by atoms with E-state index in [0.29, 0.717) is 45.2 Å². The second-order valence-electron chi connectivity index (χ2n) is 10.7. The first-order valence-corrected chi connectivity index (χ1v) is 14.2. The normalized spacial score (nSPS) is 22.6. The molecule has 4 aliphatic heterocycles. The molecule has 1 aromatic heterocycles. The van der Waals surface area contributed by atoms with E-state index in [-0.39, 0.29) is 11.9 Å². The molecule has 2 fully saturated rings. The number of fused-ring (bicyclic) bond motifs is 8. The summed E-state index contributed by atoms with van der Waals surface area (Å²) in [7, 11) is 0. The highest BCUT2D eigenvalue weighted by Gasteiger charge is 2.36. The van der Waals surface area contributed by atoms with Crippen molar-refractivity contribution in [1.82, 2.24) is 25.5 Å². The highest BCUT2D eigenvalue weighted by atomic mass is 16.5. The maximum atomic E-state index is 13.2. The number of nitrogens with one attached hydrogen (secondary N) is 3. The van der Waals surface area contributed by atoms with Crippen LogP contribution in [0, 0.1) is 0 Å². The Bertz CT molecular complexity index is 1310. The zero-order chi connectivity index (χ0) is 27.3. The predicted octanol–water partition coefficient (Wildman–Crippen LogP) is 2.27. The van der Waals surface area contributed by atoms with Crippen LogP contribution in [-0.2, 0) is 22.6 Å². The number of hydrogen-bond acceptors (Lipinski definition) is 9. The summed E-state index contributed by atoms with van der Waals surface area (Å²) in [6.45, 7) is 6.15. The highest BCUT2D eigenvalue weighted by Crippen LogP contribution is 2.31. The van der Waals surface area contributed by atoms with Gasteiger partial charge in [0.25, 0.3) is 0 Å². The Morgan fingerprint density at radius 1 is 1.02 bits per heavy atom. The Balaban J connectivity index is 1.34. The number of carbonyl (C=O) groups excluding carboxylic acids is 1. The maximum Gasteiger partial charge on any atom is 0.237 e. The van der Waals surface area contributed by atoms with Crippen LogP contribution in [0.15, 0.2) is 54.7 Å². The van der Waals surface area contributed by atoms with Gasteiger partial charge in [0.1, 0.15) is 0 Å². The second kappa shape index (κ2) is 12.3. The van der Waals surface area contributed by atoms with Crippen LogP contribution in [0.4, 0.5) is 17.3 Å². The minimum Gasteiger partial charge on any atom is -0.392 e. The van der Waals surface area contributed by atoms with Gasteiger partial charge in [-0.1, -0.05) is 24.3 Å². The smallest absolute Gasteiger partial charge is 0.237 e. The molecule has 4 N–H and O–H groups in total. The van der Waals surface area contributed by atoms with E-state index in [1.807, 2.05) is 12.1 Å². The van der Waals surface area contributed by atoms with E-state index in [9.17, 15) is 9.90 Å². The van der Waals surface area contributed by atoms with E-state index in [0.717, 1.165) is 60.8 Å². The first kappa shape index (κ1) is 26.6. The van der Waals surface area contributed by atoms with Gasteiger partial charge < -0.3 is 30.7 Å². The fraction of sp³-hybridized carbons (Fsp3) is 0.433. The molecular weight excluding hydrogens is 506 g/mol. The summed E-state index contributed by atoms with van der Waals surface area (Å²) < 4.78 is 5.59. The molecule has 0 spiro atoms. The SMILES string of the molecule is O=C1NCCCNCc2ccc(cc2)-c2ccnc(n2)Nc2ccc(N3CCOCC3)c(c2)CN2C[C@H](O)C[C@@H]12. The standard InChI is InChI=1S/C30H37N7O3/c38-25-17-28-29(39)32-10-1-9-31-18-21-2-4-22(5-3-21)26-8-11-33-30(35-26)34-24-6-7-27(36-12-14-40-15-13-36)23(16-24)19-37(28)20-25/h2-8,11,16,25,28,31,38H,1,9-10,12-15,17-20H2,(H,32,39)(H,33,34,35)/t25-,28+/m1/s1. The van der Waals surface area contributed by atoms with Crippen molar-refractivity contribution in [2.45, 2.75) is 38.1 Å². The lowest BCUT2D eigenvalue weighted by Gasteiger charge is -2.32. The van der Waals surface area contributed by atoms with Crippen LogP contribution in [-0.4, -0.2) is 84.0 Å². The van der Waals surface area contributed by atoms with Gasteiger partial charge >= 0.3 is 0 Å². The van der Waals surface area contributed by atoms with Crippen LogP contribution < -0.4 is 20.9 Å². The molecule has 7 rings (SSSR count). The monoisotopic (exact) mass is 543 g/mol. The van der Waals surface area contributed by atoms with Gasteiger partial charge in [0.2, 0.25) is 11.9 Å². The molecule has 0 radical (unpaired) electrons. The van der Waals surface area contributed by atoms with Crippen molar-refractivity contribution >= 4 is 23.2 Å². The van der Waals surface area contributed by atoms with E-state index in [4.69, 9.17) is 9.72 Å². The Kier molecular flexibility index (Phi) is 8.19. The number of amides is 1. The fourth-order valence-electron chi connectivity index (χ4n) is 5.73. The molecule has 40 heavy (non-hydrogen) atoms. The number of ether oxygens (including phenoxy) is 1. The molecule has 5 heterocycles. The fourth-order valence-corrected chi connectivity index (χ4v) is 5.73. The van der Waals surface area contributed by atoms with Crippen LogP contribution in [0.3, 0.4) is 0 Å². The van der Waals surface area contributed by atoms with Gasteiger partial charge in [-0.15, -0.1) is 0 Å². The summed E-state index contributed by atoms with van der Waals surface area (Å²) in [5.74, 6) is 0.499. The number of carbonyl (C=O) groups is 1. The molecule has 10 nitrogen and oxygen atoms in total. The Morgan fingerprint density at radius 3 is 2.73 bits per heavy atom.